The molecule has 3 fully saturated rings. The fourth-order valence-corrected chi connectivity index (χ4v) is 5.79. The average molecular weight is 654 g/mol. The van der Waals surface area contributed by atoms with Crippen molar-refractivity contribution in [3.63, 3.8) is 0 Å². The number of piperidine rings is 1. The SMILES string of the molecule is C=C(NC(c1cnc(/N=C(\C(C)=N)C2CCNC2)[nH]1)C1CCC(F)(F)CC1)c1ccnn1CC.C=C1CCCCN1.CC(F)(F)F. The van der Waals surface area contributed by atoms with Crippen LogP contribution in [0.2, 0.25) is 0 Å². The van der Waals surface area contributed by atoms with Gasteiger partial charge in [0.2, 0.25) is 11.9 Å². The number of alkyl halides is 5. The predicted molar refractivity (Wildman–Crippen MR) is 172 cm³/mol. The van der Waals surface area contributed by atoms with Crippen molar-refractivity contribution in [1.82, 2.24) is 35.7 Å². The van der Waals surface area contributed by atoms with Gasteiger partial charge in [-0.3, -0.25) is 4.68 Å². The summed E-state index contributed by atoms with van der Waals surface area (Å²) in [6.07, 6.45) is 4.77. The normalized spacial score (nSPS) is 20.8. The molecule has 2 unspecified atom stereocenters. The van der Waals surface area contributed by atoms with Crippen LogP contribution in [0.15, 0.2) is 42.3 Å². The molecule has 0 aromatic carbocycles. The third-order valence-electron chi connectivity index (χ3n) is 8.14. The van der Waals surface area contributed by atoms with Gasteiger partial charge in [-0.15, -0.1) is 0 Å². The minimum Gasteiger partial charge on any atom is -0.389 e. The number of nitrogens with one attached hydrogen (secondary N) is 5. The predicted octanol–water partition coefficient (Wildman–Crippen LogP) is 7.32. The van der Waals surface area contributed by atoms with Gasteiger partial charge in [-0.05, 0) is 70.9 Å². The first kappa shape index (κ1) is 36.9. The van der Waals surface area contributed by atoms with Crippen LogP contribution in [0.4, 0.5) is 27.9 Å². The summed E-state index contributed by atoms with van der Waals surface area (Å²) in [5.74, 6) is -1.99. The van der Waals surface area contributed by atoms with Crippen LogP contribution >= 0.6 is 0 Å². The van der Waals surface area contributed by atoms with Crippen molar-refractivity contribution >= 4 is 23.1 Å². The lowest BCUT2D eigenvalue weighted by Gasteiger charge is -2.34. The fraction of sp³-hybridized carbons (Fsp3) is 0.625. The Morgan fingerprint density at radius 3 is 2.43 bits per heavy atom. The maximum Gasteiger partial charge on any atom is 0.386 e. The Labute approximate surface area is 268 Å². The molecular weight excluding hydrogens is 605 g/mol. The number of aromatic nitrogens is 4. The molecule has 2 aromatic heterocycles. The third kappa shape index (κ3) is 12.0. The van der Waals surface area contributed by atoms with E-state index in [1.54, 1.807) is 19.3 Å². The molecule has 14 heteroatoms. The molecule has 0 amide bonds. The zero-order chi connectivity index (χ0) is 33.9. The molecule has 2 saturated heterocycles. The van der Waals surface area contributed by atoms with E-state index in [1.807, 2.05) is 17.7 Å². The monoisotopic (exact) mass is 653 g/mol. The third-order valence-corrected chi connectivity index (χ3v) is 8.14. The molecule has 256 valence electrons. The van der Waals surface area contributed by atoms with Gasteiger partial charge in [-0.25, -0.2) is 18.8 Å². The van der Waals surface area contributed by atoms with Crippen molar-refractivity contribution in [3.8, 4) is 0 Å². The van der Waals surface area contributed by atoms with E-state index >= 15 is 0 Å². The molecule has 4 heterocycles. The van der Waals surface area contributed by atoms with E-state index in [2.05, 4.69) is 49.2 Å². The van der Waals surface area contributed by atoms with Gasteiger partial charge in [0, 0.05) is 57.2 Å². The Hall–Kier alpha value is -3.55. The quantitative estimate of drug-likeness (QED) is 0.144. The minimum atomic E-state index is -4.00. The number of halogens is 5. The molecule has 2 aliphatic heterocycles. The second-order valence-electron chi connectivity index (χ2n) is 12.1. The minimum absolute atomic E-state index is 0.00497. The molecular formula is C32H48F5N9. The highest BCUT2D eigenvalue weighted by Gasteiger charge is 2.39. The number of imidazole rings is 1. The van der Waals surface area contributed by atoms with Crippen molar-refractivity contribution in [2.24, 2.45) is 16.8 Å². The Kier molecular flexibility index (Phi) is 13.5. The van der Waals surface area contributed by atoms with Gasteiger partial charge in [0.05, 0.1) is 40.7 Å². The lowest BCUT2D eigenvalue weighted by atomic mass is 9.81. The topological polar surface area (TPSA) is 119 Å². The zero-order valence-electron chi connectivity index (χ0n) is 27.0. The lowest BCUT2D eigenvalue weighted by Crippen LogP contribution is -2.34. The summed E-state index contributed by atoms with van der Waals surface area (Å²) in [6.45, 7) is 15.5. The Bertz CT molecular complexity index is 1300. The molecule has 46 heavy (non-hydrogen) atoms. The maximum atomic E-state index is 13.9. The summed E-state index contributed by atoms with van der Waals surface area (Å²) in [7, 11) is 0. The highest BCUT2D eigenvalue weighted by atomic mass is 19.4. The molecule has 5 rings (SSSR count). The van der Waals surface area contributed by atoms with E-state index in [9.17, 15) is 22.0 Å². The van der Waals surface area contributed by atoms with Crippen molar-refractivity contribution in [2.75, 3.05) is 19.6 Å². The fourth-order valence-electron chi connectivity index (χ4n) is 5.79. The van der Waals surface area contributed by atoms with Crippen LogP contribution in [-0.4, -0.2) is 62.9 Å². The number of nitrogens with zero attached hydrogens (tertiary/aromatic N) is 4. The maximum absolute atomic E-state index is 13.9. The van der Waals surface area contributed by atoms with Gasteiger partial charge >= 0.3 is 6.18 Å². The molecule has 2 aromatic rings. The number of aromatic amines is 1. The molecule has 1 saturated carbocycles. The largest absolute Gasteiger partial charge is 0.389 e. The van der Waals surface area contributed by atoms with Gasteiger partial charge in [0.1, 0.15) is 0 Å². The molecule has 0 radical (unpaired) electrons. The van der Waals surface area contributed by atoms with Gasteiger partial charge in [-0.2, -0.15) is 18.3 Å². The van der Waals surface area contributed by atoms with Crippen LogP contribution in [0.5, 0.6) is 0 Å². The Morgan fingerprint density at radius 2 is 1.91 bits per heavy atom. The van der Waals surface area contributed by atoms with E-state index < -0.39 is 12.1 Å². The van der Waals surface area contributed by atoms with Crippen molar-refractivity contribution < 1.29 is 22.0 Å². The number of H-pyrrole nitrogens is 1. The smallest absolute Gasteiger partial charge is 0.386 e. The molecule has 9 nitrogen and oxygen atoms in total. The van der Waals surface area contributed by atoms with Crippen LogP contribution in [0.3, 0.4) is 0 Å². The number of rotatable bonds is 9. The average Bonchev–Trinajstić information content (AvgIpc) is 3.77. The van der Waals surface area contributed by atoms with Crippen LogP contribution in [0, 0.1) is 17.2 Å². The van der Waals surface area contributed by atoms with E-state index in [0.29, 0.717) is 36.7 Å². The van der Waals surface area contributed by atoms with E-state index in [1.165, 1.54) is 25.0 Å². The summed E-state index contributed by atoms with van der Waals surface area (Å²) >= 11 is 0. The number of aliphatic imine (C=N–C) groups is 1. The molecule has 1 aliphatic carbocycles. The second-order valence-corrected chi connectivity index (χ2v) is 12.1. The standard InChI is InChI=1S/C24H34F2N8.C6H11N.C2H3F3/c1-4-34-20(8-12-30-34)16(3)31-22(17-5-9-24(25,26)10-6-17)19-14-29-23(32-19)33-21(15(2)27)18-7-11-28-13-18;1-6-4-2-3-5-7-6;1-2(3,4)5/h8,12,14,17-18,22,27-28,31H,3-7,9-11,13H2,1-2H3,(H,29,32);7H,1-5H2;1H3/b27-15?,33-21+;;. The highest BCUT2D eigenvalue weighted by molar-refractivity contribution is 6.41. The Morgan fingerprint density at radius 1 is 1.22 bits per heavy atom. The highest BCUT2D eigenvalue weighted by Crippen LogP contribution is 2.42. The van der Waals surface area contributed by atoms with Crippen LogP contribution in [0.1, 0.15) is 89.6 Å². The van der Waals surface area contributed by atoms with Crippen molar-refractivity contribution in [2.45, 2.75) is 96.8 Å². The summed E-state index contributed by atoms with van der Waals surface area (Å²) in [4.78, 5) is 12.4. The number of allylic oxidation sites excluding steroid dienone is 1. The van der Waals surface area contributed by atoms with Gasteiger partial charge in [0.15, 0.2) is 0 Å². The summed E-state index contributed by atoms with van der Waals surface area (Å²) in [5, 5.41) is 22.5. The number of hydrogen-bond donors (Lipinski definition) is 5. The number of aryl methyl sites for hydroxylation is 1. The van der Waals surface area contributed by atoms with Crippen LogP contribution in [-0.2, 0) is 6.54 Å². The second kappa shape index (κ2) is 16.8. The molecule has 5 N–H and O–H groups in total. The molecule has 2 atom stereocenters. The molecule has 0 bridgehead atoms. The van der Waals surface area contributed by atoms with Crippen LogP contribution in [0.25, 0.3) is 5.70 Å². The van der Waals surface area contributed by atoms with E-state index in [-0.39, 0.29) is 37.6 Å². The molecule has 0 spiro atoms. The number of hydrogen-bond acceptors (Lipinski definition) is 7. The lowest BCUT2D eigenvalue weighted by molar-refractivity contribution is -0.110. The van der Waals surface area contributed by atoms with Crippen molar-refractivity contribution in [3.05, 3.63) is 48.7 Å². The van der Waals surface area contributed by atoms with Gasteiger partial charge in [0.25, 0.3) is 0 Å². The molecule has 3 aliphatic rings. The van der Waals surface area contributed by atoms with Gasteiger partial charge < -0.3 is 26.3 Å². The first-order chi connectivity index (χ1) is 21.7. The first-order valence-corrected chi connectivity index (χ1v) is 15.9. The summed E-state index contributed by atoms with van der Waals surface area (Å²) in [6, 6.07) is 1.63. The van der Waals surface area contributed by atoms with Crippen LogP contribution < -0.4 is 16.0 Å². The Balaban J connectivity index is 0.000000403. The van der Waals surface area contributed by atoms with E-state index in [0.717, 1.165) is 43.2 Å². The zero-order valence-corrected chi connectivity index (χ0v) is 27.0. The summed E-state index contributed by atoms with van der Waals surface area (Å²) < 4.78 is 60.7. The first-order valence-electron chi connectivity index (χ1n) is 15.9. The summed E-state index contributed by atoms with van der Waals surface area (Å²) in [5.41, 5.74) is 4.70. The van der Waals surface area contributed by atoms with E-state index in [4.69, 9.17) is 5.41 Å². The van der Waals surface area contributed by atoms with Gasteiger partial charge in [-0.1, -0.05) is 13.2 Å². The van der Waals surface area contributed by atoms with Crippen molar-refractivity contribution in [1.29, 1.82) is 5.41 Å².